The van der Waals surface area contributed by atoms with Crippen LogP contribution in [0.5, 0.6) is 0 Å². The molecule has 2 saturated heterocycles. The summed E-state index contributed by atoms with van der Waals surface area (Å²) in [6.07, 6.45) is -1.21. The minimum atomic E-state index is -0.738. The van der Waals surface area contributed by atoms with Gasteiger partial charge in [-0.2, -0.15) is 0 Å². The molecular weight excluding hydrogens is 360 g/mol. The lowest BCUT2D eigenvalue weighted by molar-refractivity contribution is -0.130. The quantitative estimate of drug-likeness (QED) is 0.799. The van der Waals surface area contributed by atoms with Gasteiger partial charge in [-0.15, -0.1) is 0 Å². The predicted molar refractivity (Wildman–Crippen MR) is 80.6 cm³/mol. The van der Waals surface area contributed by atoms with Crippen LogP contribution in [-0.4, -0.2) is 41.3 Å². The average molecular weight is 371 g/mol. The van der Waals surface area contributed by atoms with Gasteiger partial charge in [0.15, 0.2) is 12.1 Å². The van der Waals surface area contributed by atoms with Crippen LogP contribution in [0, 0.1) is 0 Å². The molecule has 2 aliphatic heterocycles. The Kier molecular flexibility index (Phi) is 3.81. The number of ether oxygens (including phenoxy) is 2. The molecule has 2 amide bonds. The Morgan fingerprint density at radius 2 is 2.29 bits per heavy atom. The Morgan fingerprint density at radius 3 is 2.95 bits per heavy atom. The lowest BCUT2D eigenvalue weighted by Gasteiger charge is -2.20. The zero-order valence-electron chi connectivity index (χ0n) is 10.7. The third-order valence-electron chi connectivity index (χ3n) is 3.28. The van der Waals surface area contributed by atoms with Crippen LogP contribution in [0.1, 0.15) is 11.7 Å². The van der Waals surface area contributed by atoms with Gasteiger partial charge in [-0.05, 0) is 29.9 Å². The first-order chi connectivity index (χ1) is 10.1. The number of rotatable bonds is 2. The van der Waals surface area contributed by atoms with Crippen LogP contribution >= 0.6 is 28.1 Å². The highest BCUT2D eigenvalue weighted by Gasteiger charge is 2.43. The van der Waals surface area contributed by atoms with E-state index in [1.54, 1.807) is 0 Å². The van der Waals surface area contributed by atoms with Gasteiger partial charge in [0.1, 0.15) is 6.61 Å². The third-order valence-corrected chi connectivity index (χ3v) is 3.99. The van der Waals surface area contributed by atoms with E-state index < -0.39 is 24.1 Å². The van der Waals surface area contributed by atoms with Gasteiger partial charge in [-0.3, -0.25) is 4.79 Å². The number of benzene rings is 1. The molecule has 8 heteroatoms. The van der Waals surface area contributed by atoms with Crippen molar-refractivity contribution in [3.63, 3.8) is 0 Å². The highest BCUT2D eigenvalue weighted by Crippen LogP contribution is 2.29. The molecule has 1 N–H and O–H groups in total. The summed E-state index contributed by atoms with van der Waals surface area (Å²) in [5, 5.41) is 2.96. The van der Waals surface area contributed by atoms with E-state index in [1.807, 2.05) is 24.3 Å². The highest BCUT2D eigenvalue weighted by atomic mass is 79.9. The SMILES string of the molecule is O=C1OCCN1C(=O)[C@H]1NC(=S)O[C@@H]1c1cccc(Br)c1. The number of halogens is 1. The maximum Gasteiger partial charge on any atom is 0.416 e. The number of carbonyl (C=O) groups is 2. The van der Waals surface area contributed by atoms with Crippen molar-refractivity contribution in [2.45, 2.75) is 12.1 Å². The van der Waals surface area contributed by atoms with Crippen LogP contribution in [0.2, 0.25) is 0 Å². The first-order valence-electron chi connectivity index (χ1n) is 6.27. The number of carbonyl (C=O) groups excluding carboxylic acids is 2. The fraction of sp³-hybridized carbons (Fsp3) is 0.308. The van der Waals surface area contributed by atoms with E-state index in [0.29, 0.717) is 0 Å². The number of imide groups is 1. The molecule has 2 aliphatic rings. The van der Waals surface area contributed by atoms with E-state index in [1.165, 1.54) is 0 Å². The monoisotopic (exact) mass is 370 g/mol. The molecule has 0 bridgehead atoms. The van der Waals surface area contributed by atoms with Gasteiger partial charge in [0, 0.05) is 4.47 Å². The molecular formula is C13H11BrN2O4S. The van der Waals surface area contributed by atoms with E-state index in [4.69, 9.17) is 21.7 Å². The first-order valence-corrected chi connectivity index (χ1v) is 7.47. The van der Waals surface area contributed by atoms with Gasteiger partial charge in [0.2, 0.25) is 0 Å². The van der Waals surface area contributed by atoms with Gasteiger partial charge in [0.25, 0.3) is 11.1 Å². The molecule has 6 nitrogen and oxygen atoms in total. The summed E-state index contributed by atoms with van der Waals surface area (Å²) in [4.78, 5) is 25.1. The lowest BCUT2D eigenvalue weighted by Crippen LogP contribution is -2.46. The summed E-state index contributed by atoms with van der Waals surface area (Å²) < 4.78 is 11.2. The summed E-state index contributed by atoms with van der Waals surface area (Å²) in [7, 11) is 0. The Balaban J connectivity index is 1.87. The molecule has 0 radical (unpaired) electrons. The van der Waals surface area contributed by atoms with E-state index in [-0.39, 0.29) is 18.3 Å². The molecule has 1 aromatic carbocycles. The summed E-state index contributed by atoms with van der Waals surface area (Å²) in [5.41, 5.74) is 0.794. The van der Waals surface area contributed by atoms with Gasteiger partial charge in [-0.1, -0.05) is 28.1 Å². The molecule has 0 aromatic heterocycles. The topological polar surface area (TPSA) is 67.9 Å². The van der Waals surface area contributed by atoms with E-state index in [9.17, 15) is 9.59 Å². The molecule has 1 aromatic rings. The summed E-state index contributed by atoms with van der Waals surface area (Å²) >= 11 is 8.38. The van der Waals surface area contributed by atoms with Crippen LogP contribution in [0.25, 0.3) is 0 Å². The molecule has 2 atom stereocenters. The maximum atomic E-state index is 12.5. The largest absolute Gasteiger partial charge is 0.460 e. The smallest absolute Gasteiger partial charge is 0.416 e. The molecule has 0 aliphatic carbocycles. The Labute approximate surface area is 134 Å². The fourth-order valence-corrected chi connectivity index (χ4v) is 2.96. The Bertz CT molecular complexity index is 624. The number of nitrogens with one attached hydrogen (secondary N) is 1. The Hall–Kier alpha value is -1.67. The Morgan fingerprint density at radius 1 is 1.48 bits per heavy atom. The lowest BCUT2D eigenvalue weighted by atomic mass is 10.0. The standard InChI is InChI=1S/C13H11BrN2O4S/c14-8-3-1-2-7(6-8)10-9(15-12(21)20-10)11(17)16-4-5-19-13(16)18/h1-3,6,9-10H,4-5H2,(H,15,21)/t9-,10+/m0/s1. The zero-order chi connectivity index (χ0) is 15.0. The molecule has 110 valence electrons. The maximum absolute atomic E-state index is 12.5. The minimum Gasteiger partial charge on any atom is -0.460 e. The second-order valence-corrected chi connectivity index (χ2v) is 5.89. The zero-order valence-corrected chi connectivity index (χ0v) is 13.1. The van der Waals surface area contributed by atoms with Crippen molar-refractivity contribution in [3.8, 4) is 0 Å². The van der Waals surface area contributed by atoms with E-state index >= 15 is 0 Å². The van der Waals surface area contributed by atoms with Crippen LogP contribution in [0.4, 0.5) is 4.79 Å². The van der Waals surface area contributed by atoms with Crippen molar-refractivity contribution >= 4 is 45.3 Å². The number of nitrogens with zero attached hydrogens (tertiary/aromatic N) is 1. The van der Waals surface area contributed by atoms with Gasteiger partial charge in [0.05, 0.1) is 6.54 Å². The number of amides is 2. The minimum absolute atomic E-state index is 0.144. The van der Waals surface area contributed by atoms with Gasteiger partial charge < -0.3 is 14.8 Å². The van der Waals surface area contributed by atoms with Crippen molar-refractivity contribution in [1.29, 1.82) is 0 Å². The second kappa shape index (κ2) is 5.61. The van der Waals surface area contributed by atoms with Crippen molar-refractivity contribution in [3.05, 3.63) is 34.3 Å². The molecule has 0 spiro atoms. The van der Waals surface area contributed by atoms with Gasteiger partial charge in [-0.25, -0.2) is 9.69 Å². The van der Waals surface area contributed by atoms with Crippen molar-refractivity contribution in [2.24, 2.45) is 0 Å². The van der Waals surface area contributed by atoms with Crippen LogP contribution < -0.4 is 5.32 Å². The predicted octanol–water partition coefficient (Wildman–Crippen LogP) is 1.74. The summed E-state index contributed by atoms with van der Waals surface area (Å²) in [6, 6.07) is 6.67. The fourth-order valence-electron chi connectivity index (χ4n) is 2.32. The van der Waals surface area contributed by atoms with Crippen molar-refractivity contribution < 1.29 is 19.1 Å². The van der Waals surface area contributed by atoms with Crippen molar-refractivity contribution in [1.82, 2.24) is 10.2 Å². The number of hydrogen-bond acceptors (Lipinski definition) is 5. The normalized spacial score (nSPS) is 24.5. The molecule has 0 saturated carbocycles. The summed E-state index contributed by atoms with van der Waals surface area (Å²) in [6.45, 7) is 0.456. The number of cyclic esters (lactones) is 1. The van der Waals surface area contributed by atoms with E-state index in [2.05, 4.69) is 21.2 Å². The number of hydrogen-bond donors (Lipinski definition) is 1. The van der Waals surface area contributed by atoms with Gasteiger partial charge >= 0.3 is 6.09 Å². The summed E-state index contributed by atoms with van der Waals surface area (Å²) in [5.74, 6) is -0.401. The molecule has 2 heterocycles. The van der Waals surface area contributed by atoms with Crippen molar-refractivity contribution in [2.75, 3.05) is 13.2 Å². The van der Waals surface area contributed by atoms with Crippen LogP contribution in [0.3, 0.4) is 0 Å². The third kappa shape index (κ3) is 2.73. The molecule has 0 unspecified atom stereocenters. The molecule has 21 heavy (non-hydrogen) atoms. The molecule has 2 fully saturated rings. The van der Waals surface area contributed by atoms with E-state index in [0.717, 1.165) is 14.9 Å². The van der Waals surface area contributed by atoms with Crippen LogP contribution in [0.15, 0.2) is 28.7 Å². The average Bonchev–Trinajstić information content (AvgIpc) is 3.04. The highest BCUT2D eigenvalue weighted by molar-refractivity contribution is 9.10. The first kappa shape index (κ1) is 14.3. The van der Waals surface area contributed by atoms with Crippen LogP contribution in [-0.2, 0) is 14.3 Å². The second-order valence-electron chi connectivity index (χ2n) is 4.61. The number of thiocarbonyl (C=S) groups is 1. The molecule has 3 rings (SSSR count).